The molecule has 4 nitrogen and oxygen atoms in total. The average molecular weight is 164 g/mol. The van der Waals surface area contributed by atoms with E-state index in [1.807, 2.05) is 0 Å². The SMILES string of the molecule is O=C(O)c1ccc2c(c1)NCN2. The summed E-state index contributed by atoms with van der Waals surface area (Å²) in [5, 5.41) is 14.8. The van der Waals surface area contributed by atoms with Crippen LogP contribution in [0.5, 0.6) is 0 Å². The van der Waals surface area contributed by atoms with Gasteiger partial charge in [-0.25, -0.2) is 4.79 Å². The first kappa shape index (κ1) is 6.97. The summed E-state index contributed by atoms with van der Waals surface area (Å²) in [5.41, 5.74) is 2.12. The van der Waals surface area contributed by atoms with E-state index >= 15 is 0 Å². The molecule has 4 heteroatoms. The number of benzene rings is 1. The number of carboxylic acids is 1. The molecular weight excluding hydrogens is 156 g/mol. The zero-order valence-corrected chi connectivity index (χ0v) is 6.29. The first-order chi connectivity index (χ1) is 5.77. The maximum atomic E-state index is 10.6. The molecule has 0 bridgehead atoms. The number of carboxylic acid groups (broad SMARTS) is 1. The third-order valence-electron chi connectivity index (χ3n) is 1.82. The van der Waals surface area contributed by atoms with Gasteiger partial charge in [-0.05, 0) is 18.2 Å². The molecule has 3 N–H and O–H groups in total. The van der Waals surface area contributed by atoms with Gasteiger partial charge in [-0.3, -0.25) is 0 Å². The zero-order chi connectivity index (χ0) is 8.55. The molecule has 1 aromatic carbocycles. The van der Waals surface area contributed by atoms with Crippen molar-refractivity contribution in [2.24, 2.45) is 0 Å². The van der Waals surface area contributed by atoms with Gasteiger partial charge in [0.2, 0.25) is 0 Å². The van der Waals surface area contributed by atoms with Crippen molar-refractivity contribution in [3.63, 3.8) is 0 Å². The van der Waals surface area contributed by atoms with Gasteiger partial charge >= 0.3 is 5.97 Å². The molecule has 0 unspecified atom stereocenters. The Balaban J connectivity index is 2.45. The van der Waals surface area contributed by atoms with Gasteiger partial charge in [0.05, 0.1) is 23.6 Å². The van der Waals surface area contributed by atoms with E-state index in [0.29, 0.717) is 12.2 Å². The third-order valence-corrected chi connectivity index (χ3v) is 1.82. The van der Waals surface area contributed by atoms with Gasteiger partial charge in [-0.2, -0.15) is 0 Å². The molecule has 0 aliphatic carbocycles. The molecule has 62 valence electrons. The predicted molar refractivity (Wildman–Crippen MR) is 45.5 cm³/mol. The molecule has 0 saturated carbocycles. The van der Waals surface area contributed by atoms with Crippen LogP contribution in [-0.4, -0.2) is 17.7 Å². The standard InChI is InChI=1S/C8H8N2O2/c11-8(12)5-1-2-6-7(3-5)10-4-9-6/h1-3,9-10H,4H2,(H,11,12). The molecule has 1 aliphatic heterocycles. The number of hydrogen-bond donors (Lipinski definition) is 3. The van der Waals surface area contributed by atoms with E-state index in [0.717, 1.165) is 11.4 Å². The van der Waals surface area contributed by atoms with Crippen LogP contribution >= 0.6 is 0 Å². The largest absolute Gasteiger partial charge is 0.478 e. The van der Waals surface area contributed by atoms with Gasteiger partial charge < -0.3 is 15.7 Å². The maximum Gasteiger partial charge on any atom is 0.335 e. The van der Waals surface area contributed by atoms with Gasteiger partial charge in [-0.1, -0.05) is 0 Å². The number of carbonyl (C=O) groups is 1. The number of hydrogen-bond acceptors (Lipinski definition) is 3. The second kappa shape index (κ2) is 2.41. The summed E-state index contributed by atoms with van der Waals surface area (Å²) in [5.74, 6) is -0.897. The quantitative estimate of drug-likeness (QED) is 0.583. The van der Waals surface area contributed by atoms with Crippen molar-refractivity contribution in [3.8, 4) is 0 Å². The fourth-order valence-corrected chi connectivity index (χ4v) is 1.21. The van der Waals surface area contributed by atoms with Gasteiger partial charge in [0, 0.05) is 0 Å². The van der Waals surface area contributed by atoms with E-state index in [4.69, 9.17) is 5.11 Å². The summed E-state index contributed by atoms with van der Waals surface area (Å²) in [6.45, 7) is 0.665. The highest BCUT2D eigenvalue weighted by Crippen LogP contribution is 2.26. The van der Waals surface area contributed by atoms with Crippen molar-refractivity contribution in [3.05, 3.63) is 23.8 Å². The Morgan fingerprint density at radius 1 is 1.33 bits per heavy atom. The monoisotopic (exact) mass is 164 g/mol. The van der Waals surface area contributed by atoms with Crippen molar-refractivity contribution in [1.29, 1.82) is 0 Å². The second-order valence-corrected chi connectivity index (χ2v) is 2.60. The molecule has 0 aromatic heterocycles. The molecule has 0 fully saturated rings. The average Bonchev–Trinajstić information content (AvgIpc) is 2.49. The molecule has 0 radical (unpaired) electrons. The van der Waals surface area contributed by atoms with Crippen LogP contribution in [0.4, 0.5) is 11.4 Å². The van der Waals surface area contributed by atoms with Crippen LogP contribution in [0.25, 0.3) is 0 Å². The minimum absolute atomic E-state index is 0.310. The van der Waals surface area contributed by atoms with Crippen LogP contribution in [0.15, 0.2) is 18.2 Å². The van der Waals surface area contributed by atoms with E-state index in [1.165, 1.54) is 0 Å². The fourth-order valence-electron chi connectivity index (χ4n) is 1.21. The summed E-state index contributed by atoms with van der Waals surface area (Å²) in [7, 11) is 0. The molecule has 0 atom stereocenters. The zero-order valence-electron chi connectivity index (χ0n) is 6.29. The topological polar surface area (TPSA) is 61.4 Å². The van der Waals surface area contributed by atoms with E-state index < -0.39 is 5.97 Å². The number of fused-ring (bicyclic) bond motifs is 1. The lowest BCUT2D eigenvalue weighted by molar-refractivity contribution is 0.0697. The van der Waals surface area contributed by atoms with Gasteiger partial charge in [0.15, 0.2) is 0 Å². The van der Waals surface area contributed by atoms with Crippen molar-refractivity contribution < 1.29 is 9.90 Å². The van der Waals surface area contributed by atoms with Crippen LogP contribution < -0.4 is 10.6 Å². The minimum atomic E-state index is -0.897. The number of nitrogens with one attached hydrogen (secondary N) is 2. The summed E-state index contributed by atoms with van der Waals surface area (Å²) in [6, 6.07) is 4.97. The van der Waals surface area contributed by atoms with Gasteiger partial charge in [-0.15, -0.1) is 0 Å². The van der Waals surface area contributed by atoms with Crippen molar-refractivity contribution in [2.45, 2.75) is 0 Å². The molecule has 0 spiro atoms. The minimum Gasteiger partial charge on any atom is -0.478 e. The maximum absolute atomic E-state index is 10.6. The van der Waals surface area contributed by atoms with Gasteiger partial charge in [0.1, 0.15) is 0 Å². The lowest BCUT2D eigenvalue weighted by atomic mass is 10.2. The Hall–Kier alpha value is -1.71. The first-order valence-electron chi connectivity index (χ1n) is 3.62. The van der Waals surface area contributed by atoms with Crippen LogP contribution in [0.1, 0.15) is 10.4 Å². The summed E-state index contributed by atoms with van der Waals surface area (Å²) >= 11 is 0. The number of aromatic carboxylic acids is 1. The van der Waals surface area contributed by atoms with E-state index in [-0.39, 0.29) is 0 Å². The lowest BCUT2D eigenvalue weighted by Gasteiger charge is -1.99. The van der Waals surface area contributed by atoms with Crippen LogP contribution in [0, 0.1) is 0 Å². The normalized spacial score (nSPS) is 13.0. The highest BCUT2D eigenvalue weighted by Gasteiger charge is 2.11. The Morgan fingerprint density at radius 2 is 2.08 bits per heavy atom. The van der Waals surface area contributed by atoms with Gasteiger partial charge in [0.25, 0.3) is 0 Å². The van der Waals surface area contributed by atoms with Crippen LogP contribution in [0.3, 0.4) is 0 Å². The molecule has 1 heterocycles. The Morgan fingerprint density at radius 3 is 2.83 bits per heavy atom. The smallest absolute Gasteiger partial charge is 0.335 e. The Bertz CT molecular complexity index is 336. The lowest BCUT2D eigenvalue weighted by Crippen LogP contribution is -1.99. The van der Waals surface area contributed by atoms with Crippen LogP contribution in [0.2, 0.25) is 0 Å². The second-order valence-electron chi connectivity index (χ2n) is 2.60. The molecule has 2 rings (SSSR count). The molecule has 0 amide bonds. The predicted octanol–water partition coefficient (Wildman–Crippen LogP) is 1.18. The van der Waals surface area contributed by atoms with Crippen molar-refractivity contribution in [2.75, 3.05) is 17.3 Å². The van der Waals surface area contributed by atoms with E-state index in [1.54, 1.807) is 18.2 Å². The first-order valence-corrected chi connectivity index (χ1v) is 3.62. The molecule has 12 heavy (non-hydrogen) atoms. The summed E-state index contributed by atoms with van der Waals surface area (Å²) < 4.78 is 0. The Labute approximate surface area is 69.2 Å². The van der Waals surface area contributed by atoms with Crippen molar-refractivity contribution in [1.82, 2.24) is 0 Å². The van der Waals surface area contributed by atoms with Crippen molar-refractivity contribution >= 4 is 17.3 Å². The summed E-state index contributed by atoms with van der Waals surface area (Å²) in [4.78, 5) is 10.6. The molecule has 1 aromatic rings. The third kappa shape index (κ3) is 0.972. The number of anilines is 2. The fraction of sp³-hybridized carbons (Fsp3) is 0.125. The highest BCUT2D eigenvalue weighted by molar-refractivity contribution is 5.91. The molecule has 1 aliphatic rings. The van der Waals surface area contributed by atoms with Crippen LogP contribution in [-0.2, 0) is 0 Å². The molecular formula is C8H8N2O2. The summed E-state index contributed by atoms with van der Waals surface area (Å²) in [6.07, 6.45) is 0. The highest BCUT2D eigenvalue weighted by atomic mass is 16.4. The van der Waals surface area contributed by atoms with E-state index in [2.05, 4.69) is 10.6 Å². The number of rotatable bonds is 1. The Kier molecular flexibility index (Phi) is 1.40. The van der Waals surface area contributed by atoms with E-state index in [9.17, 15) is 4.79 Å². The molecule has 0 saturated heterocycles.